The molecule has 1 rings (SSSR count). The van der Waals surface area contributed by atoms with E-state index in [4.69, 9.17) is 5.11 Å². The van der Waals surface area contributed by atoms with Crippen molar-refractivity contribution in [3.8, 4) is 11.8 Å². The van der Waals surface area contributed by atoms with Crippen molar-refractivity contribution in [2.75, 3.05) is 20.2 Å². The summed E-state index contributed by atoms with van der Waals surface area (Å²) in [6.45, 7) is 3.54. The SMILES string of the molecule is Cc1c(C#CCO)cccc1C(=O)N(C)CC(C)O. The van der Waals surface area contributed by atoms with Crippen LogP contribution in [0.15, 0.2) is 18.2 Å². The predicted octanol–water partition coefficient (Wildman–Crippen LogP) is 0.792. The Morgan fingerprint density at radius 2 is 2.16 bits per heavy atom. The second-order valence-electron chi connectivity index (χ2n) is 4.47. The number of rotatable bonds is 3. The molecule has 0 fully saturated rings. The summed E-state index contributed by atoms with van der Waals surface area (Å²) in [5.41, 5.74) is 2.07. The lowest BCUT2D eigenvalue weighted by molar-refractivity contribution is 0.0703. The van der Waals surface area contributed by atoms with Crippen LogP contribution in [0.2, 0.25) is 0 Å². The van der Waals surface area contributed by atoms with E-state index in [1.165, 1.54) is 4.90 Å². The normalized spacial score (nSPS) is 11.4. The highest BCUT2D eigenvalue weighted by atomic mass is 16.3. The largest absolute Gasteiger partial charge is 0.392 e. The molecular formula is C15H19NO3. The van der Waals surface area contributed by atoms with Gasteiger partial charge in [0.2, 0.25) is 0 Å². The molecule has 19 heavy (non-hydrogen) atoms. The monoisotopic (exact) mass is 261 g/mol. The number of nitrogens with zero attached hydrogens (tertiary/aromatic N) is 1. The quantitative estimate of drug-likeness (QED) is 0.791. The van der Waals surface area contributed by atoms with Crippen LogP contribution in [0, 0.1) is 18.8 Å². The molecule has 0 bridgehead atoms. The summed E-state index contributed by atoms with van der Waals surface area (Å²) >= 11 is 0. The van der Waals surface area contributed by atoms with E-state index in [2.05, 4.69) is 11.8 Å². The molecule has 0 aliphatic rings. The maximum Gasteiger partial charge on any atom is 0.253 e. The molecule has 1 amide bonds. The molecule has 0 saturated heterocycles. The number of carbonyl (C=O) groups excluding carboxylic acids is 1. The topological polar surface area (TPSA) is 60.8 Å². The summed E-state index contributed by atoms with van der Waals surface area (Å²) < 4.78 is 0. The van der Waals surface area contributed by atoms with Crippen molar-refractivity contribution in [2.45, 2.75) is 20.0 Å². The molecule has 0 aliphatic heterocycles. The van der Waals surface area contributed by atoms with Gasteiger partial charge in [0.05, 0.1) is 6.10 Å². The fraction of sp³-hybridized carbons (Fsp3) is 0.400. The Bertz CT molecular complexity index is 512. The maximum atomic E-state index is 12.2. The van der Waals surface area contributed by atoms with Crippen LogP contribution < -0.4 is 0 Å². The van der Waals surface area contributed by atoms with Gasteiger partial charge in [-0.2, -0.15) is 0 Å². The Hall–Kier alpha value is -1.83. The predicted molar refractivity (Wildman–Crippen MR) is 73.8 cm³/mol. The number of carbonyl (C=O) groups is 1. The minimum atomic E-state index is -0.563. The van der Waals surface area contributed by atoms with Crippen molar-refractivity contribution >= 4 is 5.91 Å². The Morgan fingerprint density at radius 1 is 1.47 bits per heavy atom. The van der Waals surface area contributed by atoms with E-state index in [9.17, 15) is 9.90 Å². The average Bonchev–Trinajstić information content (AvgIpc) is 2.36. The summed E-state index contributed by atoms with van der Waals surface area (Å²) in [7, 11) is 1.65. The number of aliphatic hydroxyl groups excluding tert-OH is 2. The first-order chi connectivity index (χ1) is 8.97. The highest BCUT2D eigenvalue weighted by Gasteiger charge is 2.16. The molecule has 102 valence electrons. The van der Waals surface area contributed by atoms with Crippen molar-refractivity contribution in [3.05, 3.63) is 34.9 Å². The van der Waals surface area contributed by atoms with E-state index in [0.717, 1.165) is 11.1 Å². The molecule has 1 atom stereocenters. The molecule has 2 N–H and O–H groups in total. The molecule has 1 aromatic carbocycles. The van der Waals surface area contributed by atoms with E-state index in [0.29, 0.717) is 5.56 Å². The molecule has 0 spiro atoms. The number of aliphatic hydroxyl groups is 2. The lowest BCUT2D eigenvalue weighted by Crippen LogP contribution is -2.33. The van der Waals surface area contributed by atoms with Crippen molar-refractivity contribution < 1.29 is 15.0 Å². The summed E-state index contributed by atoms with van der Waals surface area (Å²) in [6.07, 6.45) is -0.563. The van der Waals surface area contributed by atoms with Gasteiger partial charge in [0.25, 0.3) is 5.91 Å². The highest BCUT2D eigenvalue weighted by molar-refractivity contribution is 5.96. The maximum absolute atomic E-state index is 12.2. The Labute approximate surface area is 113 Å². The fourth-order valence-electron chi connectivity index (χ4n) is 1.82. The zero-order valence-electron chi connectivity index (χ0n) is 11.5. The molecule has 1 aromatic rings. The third kappa shape index (κ3) is 4.09. The molecular weight excluding hydrogens is 242 g/mol. The smallest absolute Gasteiger partial charge is 0.253 e. The fourth-order valence-corrected chi connectivity index (χ4v) is 1.82. The molecule has 4 nitrogen and oxygen atoms in total. The van der Waals surface area contributed by atoms with Gasteiger partial charge < -0.3 is 15.1 Å². The first kappa shape index (κ1) is 15.2. The standard InChI is InChI=1S/C15H19NO3/c1-11(18)10-16(3)15(19)14-8-4-6-13(12(14)2)7-5-9-17/h4,6,8,11,17-18H,9-10H2,1-3H3. The van der Waals surface area contributed by atoms with Gasteiger partial charge in [-0.3, -0.25) is 4.79 Å². The van der Waals surface area contributed by atoms with Crippen LogP contribution in [-0.4, -0.2) is 47.3 Å². The highest BCUT2D eigenvalue weighted by Crippen LogP contribution is 2.15. The van der Waals surface area contributed by atoms with Crippen LogP contribution in [0.25, 0.3) is 0 Å². The second kappa shape index (κ2) is 6.93. The van der Waals surface area contributed by atoms with Crippen molar-refractivity contribution in [3.63, 3.8) is 0 Å². The molecule has 0 saturated carbocycles. The van der Waals surface area contributed by atoms with Gasteiger partial charge in [-0.1, -0.05) is 17.9 Å². The van der Waals surface area contributed by atoms with E-state index in [1.54, 1.807) is 26.1 Å². The summed E-state index contributed by atoms with van der Waals surface area (Å²) in [4.78, 5) is 13.7. The minimum Gasteiger partial charge on any atom is -0.392 e. The average molecular weight is 261 g/mol. The lowest BCUT2D eigenvalue weighted by atomic mass is 10.0. The number of benzene rings is 1. The Kier molecular flexibility index (Phi) is 5.56. The molecule has 0 aromatic heterocycles. The van der Waals surface area contributed by atoms with Crippen molar-refractivity contribution in [1.82, 2.24) is 4.90 Å². The van der Waals surface area contributed by atoms with Gasteiger partial charge in [-0.25, -0.2) is 0 Å². The van der Waals surface area contributed by atoms with E-state index in [1.807, 2.05) is 13.0 Å². The third-order valence-corrected chi connectivity index (χ3v) is 2.75. The van der Waals surface area contributed by atoms with Crippen LogP contribution in [0.5, 0.6) is 0 Å². The number of likely N-dealkylation sites (N-methyl/N-ethyl adjacent to an activating group) is 1. The van der Waals surface area contributed by atoms with Gasteiger partial charge in [-0.05, 0) is 31.5 Å². The zero-order valence-corrected chi connectivity index (χ0v) is 11.5. The zero-order chi connectivity index (χ0) is 14.4. The first-order valence-corrected chi connectivity index (χ1v) is 6.10. The number of hydrogen-bond donors (Lipinski definition) is 2. The van der Waals surface area contributed by atoms with Crippen LogP contribution >= 0.6 is 0 Å². The summed E-state index contributed by atoms with van der Waals surface area (Å²) in [5.74, 6) is 5.24. The molecule has 0 radical (unpaired) electrons. The van der Waals surface area contributed by atoms with Gasteiger partial charge in [0.1, 0.15) is 6.61 Å². The third-order valence-electron chi connectivity index (χ3n) is 2.75. The Balaban J connectivity index is 3.04. The van der Waals surface area contributed by atoms with Gasteiger partial charge in [0.15, 0.2) is 0 Å². The summed E-state index contributed by atoms with van der Waals surface area (Å²) in [5, 5.41) is 18.0. The van der Waals surface area contributed by atoms with Crippen LogP contribution in [0.4, 0.5) is 0 Å². The molecule has 1 unspecified atom stereocenters. The van der Waals surface area contributed by atoms with E-state index >= 15 is 0 Å². The van der Waals surface area contributed by atoms with Crippen LogP contribution in [0.1, 0.15) is 28.4 Å². The van der Waals surface area contributed by atoms with Crippen LogP contribution in [-0.2, 0) is 0 Å². The van der Waals surface area contributed by atoms with Gasteiger partial charge in [0, 0.05) is 24.7 Å². The number of amides is 1. The first-order valence-electron chi connectivity index (χ1n) is 6.10. The molecule has 0 aliphatic carbocycles. The summed E-state index contributed by atoms with van der Waals surface area (Å²) in [6, 6.07) is 5.31. The lowest BCUT2D eigenvalue weighted by Gasteiger charge is -2.20. The van der Waals surface area contributed by atoms with E-state index in [-0.39, 0.29) is 19.1 Å². The van der Waals surface area contributed by atoms with Crippen molar-refractivity contribution in [1.29, 1.82) is 0 Å². The Morgan fingerprint density at radius 3 is 2.74 bits per heavy atom. The van der Waals surface area contributed by atoms with E-state index < -0.39 is 6.10 Å². The van der Waals surface area contributed by atoms with Gasteiger partial charge >= 0.3 is 0 Å². The molecule has 4 heteroatoms. The van der Waals surface area contributed by atoms with Gasteiger partial charge in [-0.15, -0.1) is 0 Å². The van der Waals surface area contributed by atoms with Crippen LogP contribution in [0.3, 0.4) is 0 Å². The second-order valence-corrected chi connectivity index (χ2v) is 4.47. The minimum absolute atomic E-state index is 0.147. The van der Waals surface area contributed by atoms with Crippen molar-refractivity contribution in [2.24, 2.45) is 0 Å². The number of hydrogen-bond acceptors (Lipinski definition) is 3. The molecule has 0 heterocycles.